The van der Waals surface area contributed by atoms with Crippen molar-refractivity contribution in [1.29, 1.82) is 0 Å². The molecule has 0 atom stereocenters. The Morgan fingerprint density at radius 2 is 1.76 bits per heavy atom. The van der Waals surface area contributed by atoms with E-state index in [1.54, 1.807) is 31.1 Å². The molecule has 94 valence electrons. The SMILES string of the molecule is CNC(=S)N(C)c1cc(CO)c(O)c(CO)c1. The maximum absolute atomic E-state index is 9.70. The molecule has 1 aromatic rings. The molecule has 5 nitrogen and oxygen atoms in total. The molecular formula is C11H16N2O3S. The largest absolute Gasteiger partial charge is 0.507 e. The van der Waals surface area contributed by atoms with E-state index in [2.05, 4.69) is 5.32 Å². The normalized spacial score (nSPS) is 10.1. The standard InChI is InChI=1S/C11H16N2O3S/c1-12-11(17)13(2)9-3-7(5-14)10(16)8(4-9)6-15/h3-4,14-16H,5-6H2,1-2H3,(H,12,17). The highest BCUT2D eigenvalue weighted by Crippen LogP contribution is 2.29. The summed E-state index contributed by atoms with van der Waals surface area (Å²) in [6.07, 6.45) is 0. The number of nitrogens with one attached hydrogen (secondary N) is 1. The van der Waals surface area contributed by atoms with E-state index in [4.69, 9.17) is 22.4 Å². The van der Waals surface area contributed by atoms with Gasteiger partial charge < -0.3 is 25.5 Å². The van der Waals surface area contributed by atoms with Crippen molar-refractivity contribution in [2.24, 2.45) is 0 Å². The lowest BCUT2D eigenvalue weighted by molar-refractivity contribution is 0.264. The first-order valence-corrected chi connectivity index (χ1v) is 5.47. The molecule has 6 heteroatoms. The summed E-state index contributed by atoms with van der Waals surface area (Å²) in [4.78, 5) is 1.69. The van der Waals surface area contributed by atoms with Crippen molar-refractivity contribution >= 4 is 23.0 Å². The Balaban J connectivity index is 3.21. The average Bonchev–Trinajstić information content (AvgIpc) is 2.37. The Hall–Kier alpha value is -1.37. The summed E-state index contributed by atoms with van der Waals surface area (Å²) in [7, 11) is 3.46. The van der Waals surface area contributed by atoms with Crippen LogP contribution in [0.15, 0.2) is 12.1 Å². The summed E-state index contributed by atoms with van der Waals surface area (Å²) in [6.45, 7) is -0.598. The van der Waals surface area contributed by atoms with Gasteiger partial charge in [-0.15, -0.1) is 0 Å². The summed E-state index contributed by atoms with van der Waals surface area (Å²) in [5.74, 6) is -0.0810. The van der Waals surface area contributed by atoms with Crippen molar-refractivity contribution in [3.63, 3.8) is 0 Å². The van der Waals surface area contributed by atoms with Crippen molar-refractivity contribution in [2.45, 2.75) is 13.2 Å². The van der Waals surface area contributed by atoms with Crippen LogP contribution in [-0.4, -0.2) is 34.5 Å². The lowest BCUT2D eigenvalue weighted by atomic mass is 10.1. The van der Waals surface area contributed by atoms with Crippen LogP contribution >= 0.6 is 12.2 Å². The summed E-state index contributed by atoms with van der Waals surface area (Å²) < 4.78 is 0. The van der Waals surface area contributed by atoms with E-state index in [0.29, 0.717) is 21.9 Å². The Labute approximate surface area is 105 Å². The summed E-state index contributed by atoms with van der Waals surface area (Å²) in [6, 6.07) is 3.25. The lowest BCUT2D eigenvalue weighted by Gasteiger charge is -2.21. The predicted octanol–water partition coefficient (Wildman–Crippen LogP) is 0.317. The molecule has 0 bridgehead atoms. The zero-order chi connectivity index (χ0) is 13.0. The van der Waals surface area contributed by atoms with Gasteiger partial charge in [0.15, 0.2) is 5.11 Å². The number of hydrogen-bond donors (Lipinski definition) is 4. The first kappa shape index (κ1) is 13.7. The monoisotopic (exact) mass is 256 g/mol. The van der Waals surface area contributed by atoms with Crippen molar-refractivity contribution in [3.8, 4) is 5.75 Å². The number of aliphatic hydroxyl groups is 2. The molecule has 1 aromatic carbocycles. The molecule has 0 saturated carbocycles. The van der Waals surface area contributed by atoms with Gasteiger partial charge >= 0.3 is 0 Å². The van der Waals surface area contributed by atoms with Crippen LogP contribution in [0.1, 0.15) is 11.1 Å². The number of aromatic hydroxyl groups is 1. The first-order valence-electron chi connectivity index (χ1n) is 5.07. The summed E-state index contributed by atoms with van der Waals surface area (Å²) in [5, 5.41) is 31.3. The van der Waals surface area contributed by atoms with Gasteiger partial charge in [-0.05, 0) is 24.4 Å². The van der Waals surface area contributed by atoms with E-state index < -0.39 is 0 Å². The third-order valence-electron chi connectivity index (χ3n) is 2.50. The van der Waals surface area contributed by atoms with Gasteiger partial charge in [-0.1, -0.05) is 0 Å². The fourth-order valence-corrected chi connectivity index (χ4v) is 1.57. The second kappa shape index (κ2) is 5.81. The van der Waals surface area contributed by atoms with Gasteiger partial charge in [0.25, 0.3) is 0 Å². The van der Waals surface area contributed by atoms with E-state index in [1.807, 2.05) is 0 Å². The van der Waals surface area contributed by atoms with Crippen molar-refractivity contribution in [3.05, 3.63) is 23.3 Å². The van der Waals surface area contributed by atoms with Crippen molar-refractivity contribution in [2.75, 3.05) is 19.0 Å². The quantitative estimate of drug-likeness (QED) is 0.584. The van der Waals surface area contributed by atoms with Gasteiger partial charge in [0.2, 0.25) is 0 Å². The molecule has 0 unspecified atom stereocenters. The first-order chi connectivity index (χ1) is 8.04. The minimum atomic E-state index is -0.299. The molecule has 0 amide bonds. The number of thiocarbonyl (C=S) groups is 1. The van der Waals surface area contributed by atoms with Crippen LogP contribution in [0.3, 0.4) is 0 Å². The molecule has 17 heavy (non-hydrogen) atoms. The number of aliphatic hydroxyl groups excluding tert-OH is 2. The van der Waals surface area contributed by atoms with Gasteiger partial charge in [0, 0.05) is 30.9 Å². The second-order valence-corrected chi connectivity index (χ2v) is 3.93. The van der Waals surface area contributed by atoms with Gasteiger partial charge in [-0.25, -0.2) is 0 Å². The molecule has 1 rings (SSSR count). The molecule has 0 radical (unpaired) electrons. The van der Waals surface area contributed by atoms with Crippen LogP contribution in [0.5, 0.6) is 5.75 Å². The van der Waals surface area contributed by atoms with E-state index in [0.717, 1.165) is 0 Å². The molecule has 0 aliphatic rings. The van der Waals surface area contributed by atoms with Crippen LogP contribution in [0.2, 0.25) is 0 Å². The Morgan fingerprint density at radius 1 is 1.29 bits per heavy atom. The smallest absolute Gasteiger partial charge is 0.172 e. The number of nitrogens with zero attached hydrogens (tertiary/aromatic N) is 1. The molecular weight excluding hydrogens is 240 g/mol. The third kappa shape index (κ3) is 2.85. The summed E-state index contributed by atoms with van der Waals surface area (Å²) in [5.41, 5.74) is 1.41. The van der Waals surface area contributed by atoms with Crippen LogP contribution in [-0.2, 0) is 13.2 Å². The molecule has 0 fully saturated rings. The van der Waals surface area contributed by atoms with Gasteiger partial charge in [-0.2, -0.15) is 0 Å². The average molecular weight is 256 g/mol. The number of phenols is 1. The van der Waals surface area contributed by atoms with Gasteiger partial charge in [-0.3, -0.25) is 0 Å². The van der Waals surface area contributed by atoms with Gasteiger partial charge in [0.1, 0.15) is 5.75 Å². The highest BCUT2D eigenvalue weighted by atomic mass is 32.1. The highest BCUT2D eigenvalue weighted by molar-refractivity contribution is 7.80. The zero-order valence-corrected chi connectivity index (χ0v) is 10.6. The molecule has 0 aliphatic carbocycles. The molecule has 0 spiro atoms. The number of rotatable bonds is 3. The van der Waals surface area contributed by atoms with Crippen molar-refractivity contribution < 1.29 is 15.3 Å². The molecule has 0 aromatic heterocycles. The zero-order valence-electron chi connectivity index (χ0n) is 9.77. The maximum atomic E-state index is 9.70. The van der Waals surface area contributed by atoms with Crippen LogP contribution in [0, 0.1) is 0 Å². The van der Waals surface area contributed by atoms with E-state index in [1.165, 1.54) is 0 Å². The molecule has 4 N–H and O–H groups in total. The minimum absolute atomic E-state index is 0.0810. The topological polar surface area (TPSA) is 76.0 Å². The van der Waals surface area contributed by atoms with E-state index >= 15 is 0 Å². The predicted molar refractivity (Wildman–Crippen MR) is 70.0 cm³/mol. The Morgan fingerprint density at radius 3 is 2.12 bits per heavy atom. The van der Waals surface area contributed by atoms with E-state index in [-0.39, 0.29) is 19.0 Å². The molecule has 0 saturated heterocycles. The molecule has 0 heterocycles. The fourth-order valence-electron chi connectivity index (χ4n) is 1.46. The van der Waals surface area contributed by atoms with Crippen LogP contribution < -0.4 is 10.2 Å². The van der Waals surface area contributed by atoms with E-state index in [9.17, 15) is 5.11 Å². The summed E-state index contributed by atoms with van der Waals surface area (Å²) >= 11 is 5.08. The Bertz CT molecular complexity index is 398. The molecule has 0 aliphatic heterocycles. The Kier molecular flexibility index (Phi) is 4.68. The fraction of sp³-hybridized carbons (Fsp3) is 0.364. The third-order valence-corrected chi connectivity index (χ3v) is 2.98. The second-order valence-electron chi connectivity index (χ2n) is 3.54. The van der Waals surface area contributed by atoms with Crippen LogP contribution in [0.25, 0.3) is 0 Å². The van der Waals surface area contributed by atoms with Crippen LogP contribution in [0.4, 0.5) is 5.69 Å². The number of benzene rings is 1. The number of hydrogen-bond acceptors (Lipinski definition) is 4. The number of anilines is 1. The maximum Gasteiger partial charge on any atom is 0.172 e. The minimum Gasteiger partial charge on any atom is -0.507 e. The lowest BCUT2D eigenvalue weighted by Crippen LogP contribution is -2.34. The highest BCUT2D eigenvalue weighted by Gasteiger charge is 2.12. The van der Waals surface area contributed by atoms with Gasteiger partial charge in [0.05, 0.1) is 13.2 Å². The van der Waals surface area contributed by atoms with Crippen molar-refractivity contribution in [1.82, 2.24) is 5.32 Å².